The zero-order valence-corrected chi connectivity index (χ0v) is 12.1. The lowest BCUT2D eigenvalue weighted by Crippen LogP contribution is -2.23. The normalized spacial score (nSPS) is 10.9. The summed E-state index contributed by atoms with van der Waals surface area (Å²) in [5.74, 6) is -0.663. The van der Waals surface area contributed by atoms with Crippen LogP contribution in [0.5, 0.6) is 0 Å². The first-order valence-electron chi connectivity index (χ1n) is 4.67. The third-order valence-corrected chi connectivity index (χ3v) is 3.34. The Balaban J connectivity index is 0. The Labute approximate surface area is 89.7 Å². The SMILES string of the molecule is C#C[Si](C)(C)C.C[Si](C)(C)CC(=O)O. The van der Waals surface area contributed by atoms with Crippen LogP contribution in [-0.4, -0.2) is 27.2 Å². The molecule has 0 atom stereocenters. The minimum Gasteiger partial charge on any atom is -0.481 e. The van der Waals surface area contributed by atoms with Crippen molar-refractivity contribution in [2.75, 3.05) is 0 Å². The Bertz CT molecular complexity index is 216. The Morgan fingerprint density at radius 2 is 1.50 bits per heavy atom. The van der Waals surface area contributed by atoms with E-state index in [2.05, 4.69) is 25.2 Å². The first-order valence-corrected chi connectivity index (χ1v) is 11.9. The molecule has 82 valence electrons. The van der Waals surface area contributed by atoms with Gasteiger partial charge in [0.2, 0.25) is 0 Å². The van der Waals surface area contributed by atoms with Gasteiger partial charge in [-0.3, -0.25) is 4.79 Å². The summed E-state index contributed by atoms with van der Waals surface area (Å²) in [6.07, 6.45) is 5.12. The highest BCUT2D eigenvalue weighted by molar-refractivity contribution is 6.83. The molecule has 0 aromatic heterocycles. The quantitative estimate of drug-likeness (QED) is 0.585. The van der Waals surface area contributed by atoms with E-state index in [4.69, 9.17) is 11.5 Å². The van der Waals surface area contributed by atoms with Crippen LogP contribution in [0, 0.1) is 12.0 Å². The third kappa shape index (κ3) is 22.5. The summed E-state index contributed by atoms with van der Waals surface area (Å²) >= 11 is 0. The van der Waals surface area contributed by atoms with Gasteiger partial charge in [0.25, 0.3) is 0 Å². The van der Waals surface area contributed by atoms with E-state index in [1.165, 1.54) is 0 Å². The average molecular weight is 230 g/mol. The number of rotatable bonds is 2. The third-order valence-electron chi connectivity index (χ3n) is 1.11. The number of carboxylic acids is 1. The molecule has 14 heavy (non-hydrogen) atoms. The minimum atomic E-state index is -1.32. The molecule has 0 bridgehead atoms. The molecular weight excluding hydrogens is 208 g/mol. The molecule has 0 aromatic carbocycles. The predicted molar refractivity (Wildman–Crippen MR) is 68.0 cm³/mol. The number of carbonyl (C=O) groups is 1. The van der Waals surface area contributed by atoms with Crippen molar-refractivity contribution in [3.63, 3.8) is 0 Å². The summed E-state index contributed by atoms with van der Waals surface area (Å²) < 4.78 is 0. The van der Waals surface area contributed by atoms with Gasteiger partial charge in [0.05, 0.1) is 8.07 Å². The highest BCUT2D eigenvalue weighted by Crippen LogP contribution is 2.06. The van der Waals surface area contributed by atoms with E-state index in [9.17, 15) is 4.79 Å². The Morgan fingerprint density at radius 1 is 1.21 bits per heavy atom. The van der Waals surface area contributed by atoms with E-state index < -0.39 is 22.1 Å². The second kappa shape index (κ2) is 6.04. The fourth-order valence-corrected chi connectivity index (χ4v) is 1.36. The smallest absolute Gasteiger partial charge is 0.300 e. The summed E-state index contributed by atoms with van der Waals surface area (Å²) in [4.78, 5) is 10.0. The second-order valence-electron chi connectivity index (χ2n) is 5.53. The maximum absolute atomic E-state index is 10.0. The van der Waals surface area contributed by atoms with E-state index in [0.717, 1.165) is 0 Å². The maximum atomic E-state index is 10.0. The van der Waals surface area contributed by atoms with Crippen molar-refractivity contribution in [3.8, 4) is 12.0 Å². The van der Waals surface area contributed by atoms with E-state index in [1.54, 1.807) is 0 Å². The molecule has 0 fully saturated rings. The molecule has 1 N–H and O–H groups in total. The topological polar surface area (TPSA) is 37.3 Å². The minimum absolute atomic E-state index is 0.382. The molecule has 0 aromatic rings. The fraction of sp³-hybridized carbons (Fsp3) is 0.700. The summed E-state index contributed by atoms with van der Waals surface area (Å²) in [6.45, 7) is 12.6. The predicted octanol–water partition coefficient (Wildman–Crippen LogP) is 2.91. The van der Waals surface area contributed by atoms with E-state index in [-0.39, 0.29) is 0 Å². The Morgan fingerprint density at radius 3 is 1.50 bits per heavy atom. The molecule has 0 aliphatic rings. The molecule has 0 rings (SSSR count). The molecule has 0 unspecified atom stereocenters. The van der Waals surface area contributed by atoms with Crippen molar-refractivity contribution in [1.82, 2.24) is 0 Å². The Hall–Kier alpha value is -0.536. The van der Waals surface area contributed by atoms with Crippen molar-refractivity contribution in [2.45, 2.75) is 45.3 Å². The van der Waals surface area contributed by atoms with E-state index in [1.807, 2.05) is 19.6 Å². The van der Waals surface area contributed by atoms with Crippen LogP contribution in [0.4, 0.5) is 0 Å². The molecule has 0 amide bonds. The summed E-state index contributed by atoms with van der Waals surface area (Å²) in [5, 5.41) is 8.28. The molecule has 0 saturated heterocycles. The summed E-state index contributed by atoms with van der Waals surface area (Å²) in [7, 11) is -2.42. The summed E-state index contributed by atoms with van der Waals surface area (Å²) in [5.41, 5.74) is 2.74. The van der Waals surface area contributed by atoms with Gasteiger partial charge >= 0.3 is 5.97 Å². The van der Waals surface area contributed by atoms with Crippen LogP contribution in [0.2, 0.25) is 45.3 Å². The second-order valence-corrected chi connectivity index (χ2v) is 15.8. The van der Waals surface area contributed by atoms with Crippen LogP contribution in [0.15, 0.2) is 0 Å². The van der Waals surface area contributed by atoms with Gasteiger partial charge in [-0.2, -0.15) is 0 Å². The maximum Gasteiger partial charge on any atom is 0.300 e. The lowest BCUT2D eigenvalue weighted by Gasteiger charge is -2.10. The number of hydrogen-bond acceptors (Lipinski definition) is 1. The zero-order chi connectivity index (χ0) is 12.0. The molecule has 0 aliphatic heterocycles. The lowest BCUT2D eigenvalue weighted by atomic mass is 10.8. The van der Waals surface area contributed by atoms with E-state index in [0.29, 0.717) is 6.04 Å². The van der Waals surface area contributed by atoms with Crippen molar-refractivity contribution in [3.05, 3.63) is 0 Å². The van der Waals surface area contributed by atoms with Crippen LogP contribution >= 0.6 is 0 Å². The first kappa shape index (κ1) is 15.9. The monoisotopic (exact) mass is 230 g/mol. The fourth-order valence-electron chi connectivity index (χ4n) is 0.454. The van der Waals surface area contributed by atoms with Gasteiger partial charge in [0, 0.05) is 6.04 Å². The van der Waals surface area contributed by atoms with Gasteiger partial charge in [0.1, 0.15) is 8.07 Å². The van der Waals surface area contributed by atoms with Gasteiger partial charge in [-0.1, -0.05) is 39.3 Å². The zero-order valence-electron chi connectivity index (χ0n) is 10.1. The van der Waals surface area contributed by atoms with Crippen molar-refractivity contribution in [1.29, 1.82) is 0 Å². The van der Waals surface area contributed by atoms with Crippen LogP contribution in [0.25, 0.3) is 0 Å². The molecule has 0 heterocycles. The highest BCUT2D eigenvalue weighted by atomic mass is 28.3. The van der Waals surface area contributed by atoms with Crippen LogP contribution < -0.4 is 0 Å². The lowest BCUT2D eigenvalue weighted by molar-refractivity contribution is -0.134. The molecule has 0 radical (unpaired) electrons. The number of terminal acetylenes is 1. The van der Waals surface area contributed by atoms with E-state index >= 15 is 0 Å². The molecule has 0 saturated carbocycles. The molecule has 0 aliphatic carbocycles. The number of hydrogen-bond donors (Lipinski definition) is 1. The standard InChI is InChI=1S/C5H12O2Si.C5H10Si/c1-8(2,3)4-5(6)7;1-5-6(2,3)4/h4H2,1-3H3,(H,6,7);1H,2-4H3. The molecule has 0 spiro atoms. The summed E-state index contributed by atoms with van der Waals surface area (Å²) in [6, 6.07) is 0.382. The molecule has 2 nitrogen and oxygen atoms in total. The van der Waals surface area contributed by atoms with Gasteiger partial charge in [-0.15, -0.1) is 12.0 Å². The van der Waals surface area contributed by atoms with Gasteiger partial charge < -0.3 is 5.11 Å². The van der Waals surface area contributed by atoms with Gasteiger partial charge in [-0.25, -0.2) is 0 Å². The number of aliphatic carboxylic acids is 1. The van der Waals surface area contributed by atoms with Crippen LogP contribution in [0.3, 0.4) is 0 Å². The van der Waals surface area contributed by atoms with Crippen molar-refractivity contribution >= 4 is 22.1 Å². The van der Waals surface area contributed by atoms with Crippen molar-refractivity contribution < 1.29 is 9.90 Å². The highest BCUT2D eigenvalue weighted by Gasteiger charge is 2.16. The molecular formula is C10H22O2Si2. The van der Waals surface area contributed by atoms with Gasteiger partial charge in [0.15, 0.2) is 0 Å². The number of carboxylic acid groups (broad SMARTS) is 1. The average Bonchev–Trinajstić information content (AvgIpc) is 1.81. The van der Waals surface area contributed by atoms with Crippen molar-refractivity contribution in [2.24, 2.45) is 0 Å². The largest absolute Gasteiger partial charge is 0.481 e. The molecule has 4 heteroatoms. The van der Waals surface area contributed by atoms with Crippen LogP contribution in [0.1, 0.15) is 0 Å². The Kier molecular flexibility index (Phi) is 6.87. The first-order chi connectivity index (χ1) is 5.98. The van der Waals surface area contributed by atoms with Gasteiger partial charge in [-0.05, 0) is 0 Å². The van der Waals surface area contributed by atoms with Crippen LogP contribution in [-0.2, 0) is 4.79 Å².